The Hall–Kier alpha value is -2.33. The summed E-state index contributed by atoms with van der Waals surface area (Å²) in [6, 6.07) is 5.45. The van der Waals surface area contributed by atoms with Gasteiger partial charge in [0.1, 0.15) is 5.69 Å². The van der Waals surface area contributed by atoms with E-state index in [4.69, 9.17) is 0 Å². The number of aromatic nitrogens is 3. The number of anilines is 1. The third-order valence-corrected chi connectivity index (χ3v) is 5.40. The molecule has 172 valence electrons. The molecule has 1 fully saturated rings. The minimum Gasteiger partial charge on any atom is -0.369 e. The molecule has 1 aromatic heterocycles. The number of unbranched alkanes of at least 4 members (excludes halogenated alkanes) is 1. The van der Waals surface area contributed by atoms with E-state index in [0.29, 0.717) is 31.0 Å². The topological polar surface area (TPSA) is 63.4 Å². The van der Waals surface area contributed by atoms with Crippen LogP contribution in [0.2, 0.25) is 0 Å². The molecule has 0 aliphatic carbocycles. The van der Waals surface area contributed by atoms with E-state index in [1.165, 1.54) is 23.9 Å². The maximum atomic E-state index is 12.9. The molecule has 2 heterocycles. The Labute approximate surface area is 184 Å². The van der Waals surface area contributed by atoms with E-state index in [2.05, 4.69) is 10.00 Å². The molecule has 0 bridgehead atoms. The zero-order valence-electron chi connectivity index (χ0n) is 17.6. The second-order valence-electron chi connectivity index (χ2n) is 7.54. The minimum atomic E-state index is -4.34. The van der Waals surface area contributed by atoms with Gasteiger partial charge in [0.2, 0.25) is 0 Å². The number of alkyl halides is 3. The van der Waals surface area contributed by atoms with Crippen LogP contribution >= 0.6 is 12.4 Å². The van der Waals surface area contributed by atoms with Crippen molar-refractivity contribution < 1.29 is 13.2 Å². The van der Waals surface area contributed by atoms with Crippen molar-refractivity contribution in [3.63, 3.8) is 0 Å². The van der Waals surface area contributed by atoms with E-state index in [1.54, 1.807) is 13.0 Å². The Morgan fingerprint density at radius 2 is 1.68 bits per heavy atom. The van der Waals surface area contributed by atoms with Gasteiger partial charge in [0.05, 0.1) is 5.56 Å². The number of hydrogen-bond donors (Lipinski definition) is 0. The molecule has 0 unspecified atom stereocenters. The fourth-order valence-corrected chi connectivity index (χ4v) is 3.62. The second kappa shape index (κ2) is 10.3. The molecule has 3 rings (SSSR count). The second-order valence-corrected chi connectivity index (χ2v) is 7.54. The quantitative estimate of drug-likeness (QED) is 0.618. The smallest absolute Gasteiger partial charge is 0.369 e. The monoisotopic (exact) mass is 461 g/mol. The molecule has 0 radical (unpaired) electrons. The molecular formula is C20H27ClF3N5O2. The van der Waals surface area contributed by atoms with Crippen molar-refractivity contribution in [2.45, 2.75) is 32.5 Å². The van der Waals surface area contributed by atoms with Gasteiger partial charge < -0.3 is 4.90 Å². The number of piperazine rings is 1. The van der Waals surface area contributed by atoms with E-state index in [1.807, 2.05) is 4.90 Å². The van der Waals surface area contributed by atoms with Crippen LogP contribution in [0.4, 0.5) is 18.9 Å². The lowest BCUT2D eigenvalue weighted by Crippen LogP contribution is -2.46. The lowest BCUT2D eigenvalue weighted by Gasteiger charge is -2.36. The Kier molecular flexibility index (Phi) is 8.30. The Balaban J connectivity index is 0.00000341. The lowest BCUT2D eigenvalue weighted by atomic mass is 10.1. The molecule has 1 aliphatic rings. The maximum Gasteiger partial charge on any atom is 0.416 e. The van der Waals surface area contributed by atoms with Crippen LogP contribution < -0.4 is 16.1 Å². The number of benzene rings is 1. The number of rotatable bonds is 6. The number of nitrogens with zero attached hydrogens (tertiary/aromatic N) is 5. The molecule has 7 nitrogen and oxygen atoms in total. The van der Waals surface area contributed by atoms with Crippen LogP contribution in [-0.4, -0.2) is 52.0 Å². The van der Waals surface area contributed by atoms with Crippen LogP contribution in [0.3, 0.4) is 0 Å². The molecular weight excluding hydrogens is 435 g/mol. The number of aryl methyl sites for hydroxylation is 2. The van der Waals surface area contributed by atoms with E-state index in [9.17, 15) is 22.8 Å². The van der Waals surface area contributed by atoms with Gasteiger partial charge in [-0.3, -0.25) is 14.3 Å². The van der Waals surface area contributed by atoms with Gasteiger partial charge in [0.25, 0.3) is 5.56 Å². The van der Waals surface area contributed by atoms with Crippen LogP contribution in [0.1, 0.15) is 24.1 Å². The average Bonchev–Trinajstić information content (AvgIpc) is 2.73. The summed E-state index contributed by atoms with van der Waals surface area (Å²) in [5.41, 5.74) is -0.530. The van der Waals surface area contributed by atoms with Gasteiger partial charge >= 0.3 is 11.9 Å². The van der Waals surface area contributed by atoms with Crippen LogP contribution in [0.15, 0.2) is 33.9 Å². The first-order valence-corrected chi connectivity index (χ1v) is 9.96. The first-order valence-electron chi connectivity index (χ1n) is 9.96. The predicted molar refractivity (Wildman–Crippen MR) is 115 cm³/mol. The summed E-state index contributed by atoms with van der Waals surface area (Å²) in [6.45, 7) is 5.75. The van der Waals surface area contributed by atoms with Crippen LogP contribution in [0.25, 0.3) is 0 Å². The van der Waals surface area contributed by atoms with Gasteiger partial charge in [0.15, 0.2) is 0 Å². The van der Waals surface area contributed by atoms with Crippen molar-refractivity contribution in [1.29, 1.82) is 0 Å². The highest BCUT2D eigenvalue weighted by Gasteiger charge is 2.31. The van der Waals surface area contributed by atoms with Crippen molar-refractivity contribution in [3.8, 4) is 0 Å². The van der Waals surface area contributed by atoms with Crippen molar-refractivity contribution in [1.82, 2.24) is 19.2 Å². The summed E-state index contributed by atoms with van der Waals surface area (Å²) in [5, 5.41) is 4.06. The largest absolute Gasteiger partial charge is 0.416 e. The summed E-state index contributed by atoms with van der Waals surface area (Å²) in [7, 11) is 1.44. The SMILES string of the molecule is Cc1nn(CCCCN2CCN(c3cccc(C(F)(F)F)c3)CC2)c(=O)n(C)c1=O.Cl. The maximum absolute atomic E-state index is 12.9. The third-order valence-electron chi connectivity index (χ3n) is 5.40. The van der Waals surface area contributed by atoms with Gasteiger partial charge in [-0.05, 0) is 44.5 Å². The zero-order valence-corrected chi connectivity index (χ0v) is 18.4. The Morgan fingerprint density at radius 3 is 2.32 bits per heavy atom. The summed E-state index contributed by atoms with van der Waals surface area (Å²) in [5.74, 6) is 0. The van der Waals surface area contributed by atoms with Gasteiger partial charge in [-0.1, -0.05) is 6.07 Å². The molecule has 0 saturated carbocycles. The van der Waals surface area contributed by atoms with Crippen LogP contribution in [-0.2, 0) is 19.8 Å². The minimum absolute atomic E-state index is 0. The Bertz CT molecular complexity index is 998. The van der Waals surface area contributed by atoms with Gasteiger partial charge in [-0.25, -0.2) is 9.48 Å². The molecule has 31 heavy (non-hydrogen) atoms. The summed E-state index contributed by atoms with van der Waals surface area (Å²) in [4.78, 5) is 28.0. The molecule has 1 aromatic carbocycles. The highest BCUT2D eigenvalue weighted by atomic mass is 35.5. The van der Waals surface area contributed by atoms with Gasteiger partial charge in [-0.15, -0.1) is 12.4 Å². The van der Waals surface area contributed by atoms with Crippen molar-refractivity contribution in [3.05, 3.63) is 56.4 Å². The van der Waals surface area contributed by atoms with E-state index >= 15 is 0 Å². The van der Waals surface area contributed by atoms with Crippen molar-refractivity contribution >= 4 is 18.1 Å². The summed E-state index contributed by atoms with van der Waals surface area (Å²) in [6.07, 6.45) is -2.73. The van der Waals surface area contributed by atoms with E-state index < -0.39 is 17.4 Å². The molecule has 11 heteroatoms. The average molecular weight is 462 g/mol. The standard InChI is InChI=1S/C20H26F3N5O2.ClH/c1-15-18(29)25(2)19(30)28(24-15)9-4-3-8-26-10-12-27(13-11-26)17-7-5-6-16(14-17)20(21,22)23;/h5-7,14H,3-4,8-13H2,1-2H3;1H. The fraction of sp³-hybridized carbons (Fsp3) is 0.550. The van der Waals surface area contributed by atoms with Crippen molar-refractivity contribution in [2.75, 3.05) is 37.6 Å². The molecule has 1 aliphatic heterocycles. The summed E-state index contributed by atoms with van der Waals surface area (Å²) < 4.78 is 41.1. The van der Waals surface area contributed by atoms with E-state index in [-0.39, 0.29) is 18.0 Å². The summed E-state index contributed by atoms with van der Waals surface area (Å²) >= 11 is 0. The van der Waals surface area contributed by atoms with Crippen molar-refractivity contribution in [2.24, 2.45) is 7.05 Å². The molecule has 0 amide bonds. The predicted octanol–water partition coefficient (Wildman–Crippen LogP) is 2.29. The highest BCUT2D eigenvalue weighted by Crippen LogP contribution is 2.31. The molecule has 2 aromatic rings. The fourth-order valence-electron chi connectivity index (χ4n) is 3.62. The molecule has 0 spiro atoms. The van der Waals surface area contributed by atoms with Crippen LogP contribution in [0.5, 0.6) is 0 Å². The Morgan fingerprint density at radius 1 is 1.03 bits per heavy atom. The molecule has 0 atom stereocenters. The normalized spacial score (nSPS) is 15.1. The van der Waals surface area contributed by atoms with E-state index in [0.717, 1.165) is 43.1 Å². The number of halogens is 4. The lowest BCUT2D eigenvalue weighted by molar-refractivity contribution is -0.137. The zero-order chi connectivity index (χ0) is 21.9. The third kappa shape index (κ3) is 6.10. The van der Waals surface area contributed by atoms with Crippen LogP contribution in [0, 0.1) is 6.92 Å². The first kappa shape index (κ1) is 24.9. The van der Waals surface area contributed by atoms with Gasteiger partial charge in [0, 0.05) is 45.5 Å². The first-order chi connectivity index (χ1) is 14.2. The number of hydrogen-bond acceptors (Lipinski definition) is 5. The molecule has 0 N–H and O–H groups in total. The van der Waals surface area contributed by atoms with Gasteiger partial charge in [-0.2, -0.15) is 18.3 Å². The molecule has 1 saturated heterocycles. The highest BCUT2D eigenvalue weighted by molar-refractivity contribution is 5.85.